The maximum Gasteiger partial charge on any atom is 0.277 e. The second-order valence-corrected chi connectivity index (χ2v) is 4.01. The molecule has 5 heteroatoms. The summed E-state index contributed by atoms with van der Waals surface area (Å²) in [6.07, 6.45) is 3.57. The van der Waals surface area contributed by atoms with Crippen LogP contribution in [0.5, 0.6) is 0 Å². The summed E-state index contributed by atoms with van der Waals surface area (Å²) in [7, 11) is 0. The van der Waals surface area contributed by atoms with Crippen molar-refractivity contribution in [2.75, 3.05) is 11.5 Å². The molecule has 0 bridgehead atoms. The highest BCUT2D eigenvalue weighted by molar-refractivity contribution is 5.93. The van der Waals surface area contributed by atoms with Gasteiger partial charge in [-0.1, -0.05) is 13.3 Å². The van der Waals surface area contributed by atoms with Crippen LogP contribution in [-0.2, 0) is 6.54 Å². The predicted molar refractivity (Wildman–Crippen MR) is 69.7 cm³/mol. The van der Waals surface area contributed by atoms with Crippen molar-refractivity contribution in [3.05, 3.63) is 28.7 Å². The maximum atomic E-state index is 12.0. The molecule has 90 valence electrons. The van der Waals surface area contributed by atoms with Gasteiger partial charge in [0.15, 0.2) is 0 Å². The van der Waals surface area contributed by atoms with Gasteiger partial charge < -0.3 is 11.5 Å². The van der Waals surface area contributed by atoms with E-state index < -0.39 is 0 Å². The fourth-order valence-corrected chi connectivity index (χ4v) is 1.85. The first-order valence-corrected chi connectivity index (χ1v) is 5.69. The lowest BCUT2D eigenvalue weighted by molar-refractivity contribution is 0.629. The van der Waals surface area contributed by atoms with Crippen molar-refractivity contribution in [3.8, 4) is 0 Å². The van der Waals surface area contributed by atoms with Crippen LogP contribution in [0.2, 0.25) is 0 Å². The lowest BCUT2D eigenvalue weighted by Crippen LogP contribution is -2.25. The van der Waals surface area contributed by atoms with E-state index in [9.17, 15) is 4.79 Å². The first kappa shape index (κ1) is 11.4. The molecule has 0 amide bonds. The molecule has 0 spiro atoms. The van der Waals surface area contributed by atoms with Crippen LogP contribution in [0.1, 0.15) is 19.8 Å². The summed E-state index contributed by atoms with van der Waals surface area (Å²) in [5.74, 6) is 0. The van der Waals surface area contributed by atoms with E-state index >= 15 is 0 Å². The SMILES string of the molecule is CCCCn1c(=O)c(N)c(N)c2cccnc21. The molecular weight excluding hydrogens is 216 g/mol. The fraction of sp³-hybridized carbons (Fsp3) is 0.333. The van der Waals surface area contributed by atoms with E-state index in [0.29, 0.717) is 17.9 Å². The van der Waals surface area contributed by atoms with Gasteiger partial charge in [0.1, 0.15) is 11.3 Å². The fourth-order valence-electron chi connectivity index (χ4n) is 1.85. The molecule has 0 fully saturated rings. The molecule has 0 atom stereocenters. The standard InChI is InChI=1S/C12H16N4O/c1-2-3-7-16-11-8(5-4-6-15-11)9(13)10(14)12(16)17/h4-6H,2-3,7,13-14H2,1H3. The summed E-state index contributed by atoms with van der Waals surface area (Å²) in [4.78, 5) is 16.3. The average molecular weight is 232 g/mol. The first-order chi connectivity index (χ1) is 8.16. The third kappa shape index (κ3) is 1.84. The third-order valence-corrected chi connectivity index (χ3v) is 2.83. The molecule has 0 unspecified atom stereocenters. The molecule has 2 aromatic heterocycles. The van der Waals surface area contributed by atoms with Gasteiger partial charge in [-0.3, -0.25) is 9.36 Å². The number of hydrogen-bond donors (Lipinski definition) is 2. The Bertz CT molecular complexity index is 603. The summed E-state index contributed by atoms with van der Waals surface area (Å²) in [5, 5.41) is 0.737. The highest BCUT2D eigenvalue weighted by atomic mass is 16.1. The lowest BCUT2D eigenvalue weighted by atomic mass is 10.2. The van der Waals surface area contributed by atoms with Gasteiger partial charge >= 0.3 is 0 Å². The zero-order valence-electron chi connectivity index (χ0n) is 9.81. The number of aryl methyl sites for hydroxylation is 1. The van der Waals surface area contributed by atoms with Crippen LogP contribution in [0.3, 0.4) is 0 Å². The minimum atomic E-state index is -0.248. The summed E-state index contributed by atoms with van der Waals surface area (Å²) in [6, 6.07) is 3.61. The van der Waals surface area contributed by atoms with Crippen molar-refractivity contribution in [1.29, 1.82) is 0 Å². The minimum absolute atomic E-state index is 0.113. The first-order valence-electron chi connectivity index (χ1n) is 5.69. The van der Waals surface area contributed by atoms with Gasteiger partial charge in [-0.2, -0.15) is 0 Å². The molecule has 0 aromatic carbocycles. The Morgan fingerprint density at radius 3 is 2.82 bits per heavy atom. The highest BCUT2D eigenvalue weighted by Gasteiger charge is 2.12. The third-order valence-electron chi connectivity index (χ3n) is 2.83. The molecular formula is C12H16N4O. The van der Waals surface area contributed by atoms with E-state index in [4.69, 9.17) is 11.5 Å². The van der Waals surface area contributed by atoms with Gasteiger partial charge in [-0.15, -0.1) is 0 Å². The van der Waals surface area contributed by atoms with Crippen molar-refractivity contribution in [3.63, 3.8) is 0 Å². The number of aromatic nitrogens is 2. The molecule has 0 aliphatic heterocycles. The molecule has 2 rings (SSSR count). The summed E-state index contributed by atoms with van der Waals surface area (Å²) >= 11 is 0. The Balaban J connectivity index is 2.76. The Morgan fingerprint density at radius 1 is 1.35 bits per heavy atom. The van der Waals surface area contributed by atoms with Crippen molar-refractivity contribution in [2.45, 2.75) is 26.3 Å². The smallest absolute Gasteiger partial charge is 0.277 e. The van der Waals surface area contributed by atoms with Crippen LogP contribution in [-0.4, -0.2) is 9.55 Å². The molecule has 2 aromatic rings. The number of nitrogens with two attached hydrogens (primary N) is 2. The second kappa shape index (κ2) is 4.45. The van der Waals surface area contributed by atoms with Crippen molar-refractivity contribution in [1.82, 2.24) is 9.55 Å². The summed E-state index contributed by atoms with van der Waals surface area (Å²) < 4.78 is 1.60. The van der Waals surface area contributed by atoms with E-state index in [2.05, 4.69) is 11.9 Å². The highest BCUT2D eigenvalue weighted by Crippen LogP contribution is 2.21. The topological polar surface area (TPSA) is 86.9 Å². The van der Waals surface area contributed by atoms with Gasteiger partial charge in [-0.05, 0) is 18.6 Å². The molecule has 0 saturated carbocycles. The normalized spacial score (nSPS) is 10.9. The Morgan fingerprint density at radius 2 is 2.12 bits per heavy atom. The second-order valence-electron chi connectivity index (χ2n) is 4.01. The van der Waals surface area contributed by atoms with E-state index in [-0.39, 0.29) is 11.2 Å². The Kier molecular flexibility index (Phi) is 2.99. The number of fused-ring (bicyclic) bond motifs is 1. The molecule has 17 heavy (non-hydrogen) atoms. The van der Waals surface area contributed by atoms with Gasteiger partial charge in [-0.25, -0.2) is 4.98 Å². The van der Waals surface area contributed by atoms with Gasteiger partial charge in [0.05, 0.1) is 5.69 Å². The number of anilines is 2. The molecule has 0 saturated heterocycles. The van der Waals surface area contributed by atoms with Gasteiger partial charge in [0.2, 0.25) is 0 Å². The average Bonchev–Trinajstić information content (AvgIpc) is 2.36. The Labute approximate surface area is 99.1 Å². The molecule has 0 aliphatic carbocycles. The van der Waals surface area contributed by atoms with Crippen LogP contribution < -0.4 is 17.0 Å². The number of nitrogens with zero attached hydrogens (tertiary/aromatic N) is 2. The number of rotatable bonds is 3. The largest absolute Gasteiger partial charge is 0.396 e. The van der Waals surface area contributed by atoms with E-state index in [1.807, 2.05) is 6.07 Å². The molecule has 0 aliphatic rings. The zero-order valence-corrected chi connectivity index (χ0v) is 9.81. The van der Waals surface area contributed by atoms with Crippen LogP contribution in [0.15, 0.2) is 23.1 Å². The van der Waals surface area contributed by atoms with Gasteiger partial charge in [0, 0.05) is 18.1 Å². The zero-order chi connectivity index (χ0) is 12.4. The quantitative estimate of drug-likeness (QED) is 0.836. The van der Waals surface area contributed by atoms with Crippen molar-refractivity contribution in [2.24, 2.45) is 0 Å². The summed E-state index contributed by atoms with van der Waals surface area (Å²) in [6.45, 7) is 2.69. The molecule has 4 N–H and O–H groups in total. The predicted octanol–water partition coefficient (Wildman–Crippen LogP) is 1.36. The molecule has 5 nitrogen and oxygen atoms in total. The number of pyridine rings is 2. The number of hydrogen-bond acceptors (Lipinski definition) is 4. The van der Waals surface area contributed by atoms with Crippen molar-refractivity contribution >= 4 is 22.4 Å². The maximum absolute atomic E-state index is 12.0. The van der Waals surface area contributed by atoms with E-state index in [0.717, 1.165) is 18.2 Å². The monoisotopic (exact) mass is 232 g/mol. The molecule has 0 radical (unpaired) electrons. The molecule has 2 heterocycles. The van der Waals surface area contributed by atoms with Crippen LogP contribution in [0.25, 0.3) is 11.0 Å². The van der Waals surface area contributed by atoms with Crippen LogP contribution in [0, 0.1) is 0 Å². The lowest BCUT2D eigenvalue weighted by Gasteiger charge is -2.12. The van der Waals surface area contributed by atoms with Crippen molar-refractivity contribution < 1.29 is 0 Å². The number of nitrogen functional groups attached to an aromatic ring is 2. The summed E-state index contributed by atoms with van der Waals surface area (Å²) in [5.41, 5.74) is 12.4. The van der Waals surface area contributed by atoms with Crippen LogP contribution in [0.4, 0.5) is 11.4 Å². The van der Waals surface area contributed by atoms with Crippen LogP contribution >= 0.6 is 0 Å². The van der Waals surface area contributed by atoms with Gasteiger partial charge in [0.25, 0.3) is 5.56 Å². The number of unbranched alkanes of at least 4 members (excludes halogenated alkanes) is 1. The minimum Gasteiger partial charge on any atom is -0.396 e. The Hall–Kier alpha value is -2.04. The van der Waals surface area contributed by atoms with E-state index in [1.165, 1.54) is 0 Å². The van der Waals surface area contributed by atoms with E-state index in [1.54, 1.807) is 16.8 Å².